The molecule has 2 N–H and O–H groups in total. The Labute approximate surface area is 114 Å². The Morgan fingerprint density at radius 3 is 2.63 bits per heavy atom. The first kappa shape index (κ1) is 12.6. The highest BCUT2D eigenvalue weighted by Gasteiger charge is 2.36. The van der Waals surface area contributed by atoms with Crippen LogP contribution >= 0.6 is 0 Å². The minimum atomic E-state index is 0.161. The lowest BCUT2D eigenvalue weighted by atomic mass is 9.96. The van der Waals surface area contributed by atoms with Crippen molar-refractivity contribution < 1.29 is 4.79 Å². The maximum Gasteiger partial charge on any atom is 0.270 e. The van der Waals surface area contributed by atoms with Gasteiger partial charge in [-0.25, -0.2) is 0 Å². The van der Waals surface area contributed by atoms with Crippen LogP contribution in [0.15, 0.2) is 12.3 Å². The van der Waals surface area contributed by atoms with Gasteiger partial charge in [-0.1, -0.05) is 12.8 Å². The van der Waals surface area contributed by atoms with Gasteiger partial charge in [0.2, 0.25) is 0 Å². The van der Waals surface area contributed by atoms with E-state index in [1.165, 1.54) is 32.1 Å². The van der Waals surface area contributed by atoms with Gasteiger partial charge >= 0.3 is 0 Å². The van der Waals surface area contributed by atoms with Crippen molar-refractivity contribution in [3.05, 3.63) is 18.0 Å². The van der Waals surface area contributed by atoms with Gasteiger partial charge in [0.25, 0.3) is 5.91 Å². The van der Waals surface area contributed by atoms with E-state index < -0.39 is 0 Å². The van der Waals surface area contributed by atoms with Crippen molar-refractivity contribution in [1.29, 1.82) is 0 Å². The van der Waals surface area contributed by atoms with E-state index in [2.05, 4.69) is 4.90 Å². The molecule has 1 aliphatic carbocycles. The fourth-order valence-electron chi connectivity index (χ4n) is 3.83. The molecule has 1 unspecified atom stereocenters. The van der Waals surface area contributed by atoms with E-state index in [1.54, 1.807) is 6.07 Å². The van der Waals surface area contributed by atoms with E-state index in [4.69, 9.17) is 5.73 Å². The van der Waals surface area contributed by atoms with Gasteiger partial charge in [-0.2, -0.15) is 0 Å². The third-order valence-electron chi connectivity index (χ3n) is 4.75. The van der Waals surface area contributed by atoms with E-state index in [9.17, 15) is 4.79 Å². The van der Waals surface area contributed by atoms with Crippen molar-refractivity contribution >= 4 is 11.6 Å². The number of carbonyl (C=O) groups is 1. The number of nitrogen functional groups attached to an aromatic ring is 1. The molecule has 4 heteroatoms. The zero-order chi connectivity index (χ0) is 13.4. The normalized spacial score (nSPS) is 24.3. The molecule has 2 aliphatic rings. The summed E-state index contributed by atoms with van der Waals surface area (Å²) in [6.07, 6.45) is 9.39. The van der Waals surface area contributed by atoms with Crippen LogP contribution in [0.2, 0.25) is 0 Å². The average molecular weight is 261 g/mol. The minimum absolute atomic E-state index is 0.161. The monoisotopic (exact) mass is 261 g/mol. The number of hydrogen-bond donors (Lipinski definition) is 1. The molecule has 1 amide bonds. The summed E-state index contributed by atoms with van der Waals surface area (Å²) in [5, 5.41) is 0. The first-order valence-electron chi connectivity index (χ1n) is 7.39. The molecule has 1 saturated carbocycles. The van der Waals surface area contributed by atoms with Crippen LogP contribution in [0.4, 0.5) is 5.69 Å². The summed E-state index contributed by atoms with van der Waals surface area (Å²) in [5.41, 5.74) is 7.17. The van der Waals surface area contributed by atoms with Crippen molar-refractivity contribution in [2.45, 2.75) is 44.6 Å². The Hall–Kier alpha value is -1.45. The molecule has 1 atom stereocenters. The molecule has 19 heavy (non-hydrogen) atoms. The van der Waals surface area contributed by atoms with E-state index >= 15 is 0 Å². The van der Waals surface area contributed by atoms with Gasteiger partial charge in [0.15, 0.2) is 0 Å². The number of likely N-dealkylation sites (tertiary alicyclic amines) is 1. The van der Waals surface area contributed by atoms with E-state index in [-0.39, 0.29) is 5.91 Å². The van der Waals surface area contributed by atoms with E-state index in [0.717, 1.165) is 24.6 Å². The highest BCUT2D eigenvalue weighted by molar-refractivity contribution is 5.94. The number of anilines is 1. The second-order valence-corrected chi connectivity index (χ2v) is 6.02. The molecule has 1 aromatic rings. The van der Waals surface area contributed by atoms with Crippen LogP contribution in [0.1, 0.15) is 49.0 Å². The fraction of sp³-hybridized carbons (Fsp3) is 0.667. The van der Waals surface area contributed by atoms with Gasteiger partial charge in [0.1, 0.15) is 5.69 Å². The number of hydrogen-bond acceptors (Lipinski definition) is 2. The molecule has 2 fully saturated rings. The third kappa shape index (κ3) is 2.24. The van der Waals surface area contributed by atoms with Crippen molar-refractivity contribution in [2.75, 3.05) is 12.3 Å². The van der Waals surface area contributed by atoms with Crippen molar-refractivity contribution in [3.8, 4) is 0 Å². The molecule has 104 valence electrons. The van der Waals surface area contributed by atoms with Crippen LogP contribution in [-0.2, 0) is 7.05 Å². The Balaban J connectivity index is 1.80. The number of amides is 1. The van der Waals surface area contributed by atoms with Crippen molar-refractivity contribution in [1.82, 2.24) is 9.47 Å². The fourth-order valence-corrected chi connectivity index (χ4v) is 3.83. The van der Waals surface area contributed by atoms with Crippen LogP contribution < -0.4 is 5.73 Å². The summed E-state index contributed by atoms with van der Waals surface area (Å²) in [6, 6.07) is 2.26. The molecule has 0 spiro atoms. The Morgan fingerprint density at radius 1 is 1.26 bits per heavy atom. The number of nitrogens with two attached hydrogens (primary N) is 1. The number of aromatic nitrogens is 1. The van der Waals surface area contributed by atoms with E-state index in [0.29, 0.717) is 11.7 Å². The maximum atomic E-state index is 12.7. The standard InChI is InChI=1S/C15H23N3O/c1-17-10-12(16)9-14(17)15(19)18-8-4-7-13(18)11-5-2-3-6-11/h9-11,13H,2-8,16H2,1H3. The zero-order valence-corrected chi connectivity index (χ0v) is 11.6. The van der Waals surface area contributed by atoms with Gasteiger partial charge in [-0.15, -0.1) is 0 Å². The summed E-state index contributed by atoms with van der Waals surface area (Å²) >= 11 is 0. The van der Waals surface area contributed by atoms with Crippen LogP contribution in [0, 0.1) is 5.92 Å². The first-order chi connectivity index (χ1) is 9.16. The molecular formula is C15H23N3O. The molecule has 0 bridgehead atoms. The van der Waals surface area contributed by atoms with Gasteiger partial charge in [0.05, 0.1) is 5.69 Å². The van der Waals surface area contributed by atoms with Gasteiger partial charge in [0, 0.05) is 25.8 Å². The summed E-state index contributed by atoms with van der Waals surface area (Å²) in [7, 11) is 1.89. The number of nitrogens with zero attached hydrogens (tertiary/aromatic N) is 2. The lowest BCUT2D eigenvalue weighted by molar-refractivity contribution is 0.0679. The first-order valence-corrected chi connectivity index (χ1v) is 7.39. The van der Waals surface area contributed by atoms with Crippen LogP contribution in [0.25, 0.3) is 0 Å². The number of carbonyl (C=O) groups excluding carboxylic acids is 1. The number of aryl methyl sites for hydroxylation is 1. The SMILES string of the molecule is Cn1cc(N)cc1C(=O)N1CCCC1C1CCCC1. The van der Waals surface area contributed by atoms with Crippen molar-refractivity contribution in [3.63, 3.8) is 0 Å². The molecule has 0 aromatic carbocycles. The zero-order valence-electron chi connectivity index (χ0n) is 11.6. The lowest BCUT2D eigenvalue weighted by Crippen LogP contribution is -2.40. The Kier molecular flexibility index (Phi) is 3.25. The second-order valence-electron chi connectivity index (χ2n) is 6.02. The topological polar surface area (TPSA) is 51.3 Å². The van der Waals surface area contributed by atoms with Crippen LogP contribution in [0.5, 0.6) is 0 Å². The maximum absolute atomic E-state index is 12.7. The largest absolute Gasteiger partial charge is 0.397 e. The molecule has 1 saturated heterocycles. The van der Waals surface area contributed by atoms with Gasteiger partial charge < -0.3 is 15.2 Å². The van der Waals surface area contributed by atoms with Crippen LogP contribution in [0.3, 0.4) is 0 Å². The van der Waals surface area contributed by atoms with Gasteiger partial charge in [-0.05, 0) is 37.7 Å². The molecule has 0 radical (unpaired) electrons. The highest BCUT2D eigenvalue weighted by atomic mass is 16.2. The minimum Gasteiger partial charge on any atom is -0.397 e. The average Bonchev–Trinajstić information content (AvgIpc) is 3.06. The summed E-state index contributed by atoms with van der Waals surface area (Å²) in [5.74, 6) is 0.887. The quantitative estimate of drug-likeness (QED) is 0.888. The highest BCUT2D eigenvalue weighted by Crippen LogP contribution is 2.36. The predicted octanol–water partition coefficient (Wildman–Crippen LogP) is 2.40. The summed E-state index contributed by atoms with van der Waals surface area (Å²) in [4.78, 5) is 14.8. The van der Waals surface area contributed by atoms with Crippen LogP contribution in [-0.4, -0.2) is 28.0 Å². The van der Waals surface area contributed by atoms with Crippen molar-refractivity contribution in [2.24, 2.45) is 13.0 Å². The molecule has 2 heterocycles. The molecule has 3 rings (SSSR count). The third-order valence-corrected chi connectivity index (χ3v) is 4.75. The molecule has 1 aromatic heterocycles. The molecule has 1 aliphatic heterocycles. The summed E-state index contributed by atoms with van der Waals surface area (Å²) in [6.45, 7) is 0.908. The predicted molar refractivity (Wildman–Crippen MR) is 75.8 cm³/mol. The second kappa shape index (κ2) is 4.91. The lowest BCUT2D eigenvalue weighted by Gasteiger charge is -2.29. The smallest absolute Gasteiger partial charge is 0.270 e. The molecule has 4 nitrogen and oxygen atoms in total. The van der Waals surface area contributed by atoms with E-state index in [1.807, 2.05) is 17.8 Å². The Morgan fingerprint density at radius 2 is 2.00 bits per heavy atom. The number of rotatable bonds is 2. The van der Waals surface area contributed by atoms with Gasteiger partial charge in [-0.3, -0.25) is 4.79 Å². The summed E-state index contributed by atoms with van der Waals surface area (Å²) < 4.78 is 1.85. The molecular weight excluding hydrogens is 238 g/mol. The Bertz CT molecular complexity index is 474.